The van der Waals surface area contributed by atoms with Crippen molar-refractivity contribution in [1.29, 1.82) is 0 Å². The van der Waals surface area contributed by atoms with Gasteiger partial charge in [-0.3, -0.25) is 0 Å². The van der Waals surface area contributed by atoms with Crippen molar-refractivity contribution >= 4 is 33.4 Å². The highest BCUT2D eigenvalue weighted by Gasteiger charge is 2.16. The average Bonchev–Trinajstić information content (AvgIpc) is 2.98. The molecule has 1 atom stereocenters. The van der Waals surface area contributed by atoms with Crippen molar-refractivity contribution in [1.82, 2.24) is 9.55 Å². The molecule has 0 aliphatic carbocycles. The molecule has 126 valence electrons. The van der Waals surface area contributed by atoms with E-state index in [2.05, 4.69) is 60.9 Å². The molecule has 0 aliphatic rings. The highest BCUT2D eigenvalue weighted by Crippen LogP contribution is 2.28. The van der Waals surface area contributed by atoms with Crippen molar-refractivity contribution in [2.24, 2.45) is 0 Å². The maximum Gasteiger partial charge on any atom is 0.114 e. The van der Waals surface area contributed by atoms with Gasteiger partial charge in [-0.25, -0.2) is 4.98 Å². The Bertz CT molecular complexity index is 1040. The third-order valence-electron chi connectivity index (χ3n) is 4.98. The van der Waals surface area contributed by atoms with Crippen molar-refractivity contribution in [2.45, 2.75) is 32.7 Å². The predicted molar refractivity (Wildman–Crippen MR) is 106 cm³/mol. The molecule has 1 heterocycles. The Kier molecular flexibility index (Phi) is 4.22. The molecule has 3 aromatic carbocycles. The molecule has 3 heteroatoms. The van der Waals surface area contributed by atoms with Gasteiger partial charge in [0, 0.05) is 17.5 Å². The van der Waals surface area contributed by atoms with E-state index in [4.69, 9.17) is 16.6 Å². The summed E-state index contributed by atoms with van der Waals surface area (Å²) in [6.07, 6.45) is 1.87. The lowest BCUT2D eigenvalue weighted by atomic mass is 10.0. The van der Waals surface area contributed by atoms with Crippen LogP contribution in [0.1, 0.15) is 37.7 Å². The lowest BCUT2D eigenvalue weighted by molar-refractivity contribution is 0.526. The number of imidazole rings is 1. The Morgan fingerprint density at radius 1 is 1.04 bits per heavy atom. The highest BCUT2D eigenvalue weighted by molar-refractivity contribution is 6.31. The van der Waals surface area contributed by atoms with Gasteiger partial charge in [-0.05, 0) is 47.9 Å². The highest BCUT2D eigenvalue weighted by atomic mass is 35.5. The summed E-state index contributed by atoms with van der Waals surface area (Å²) in [5.74, 6) is 1.10. The number of rotatable bonds is 4. The minimum atomic E-state index is 0.383. The Morgan fingerprint density at radius 3 is 2.68 bits per heavy atom. The second-order valence-corrected chi connectivity index (χ2v) is 7.04. The molecule has 0 bridgehead atoms. The molecule has 0 saturated heterocycles. The third-order valence-corrected chi connectivity index (χ3v) is 5.22. The van der Waals surface area contributed by atoms with Crippen LogP contribution in [-0.2, 0) is 6.42 Å². The minimum Gasteiger partial charge on any atom is -0.325 e. The first kappa shape index (κ1) is 16.2. The molecule has 0 fully saturated rings. The van der Waals surface area contributed by atoms with Crippen LogP contribution in [0.5, 0.6) is 0 Å². The monoisotopic (exact) mass is 348 g/mol. The van der Waals surface area contributed by atoms with Crippen LogP contribution < -0.4 is 0 Å². The molecule has 0 saturated carbocycles. The van der Waals surface area contributed by atoms with E-state index in [1.807, 2.05) is 18.2 Å². The smallest absolute Gasteiger partial charge is 0.114 e. The molecular weight excluding hydrogens is 328 g/mol. The first-order chi connectivity index (χ1) is 12.2. The number of halogens is 1. The summed E-state index contributed by atoms with van der Waals surface area (Å²) < 4.78 is 2.35. The van der Waals surface area contributed by atoms with Gasteiger partial charge in [0.05, 0.1) is 11.0 Å². The maximum absolute atomic E-state index is 6.24. The Hall–Kier alpha value is -2.32. The van der Waals surface area contributed by atoms with Crippen LogP contribution in [0, 0.1) is 0 Å². The number of nitrogens with zero attached hydrogens (tertiary/aromatic N) is 2. The van der Waals surface area contributed by atoms with E-state index < -0.39 is 0 Å². The van der Waals surface area contributed by atoms with Gasteiger partial charge in [0.25, 0.3) is 0 Å². The molecule has 0 spiro atoms. The quantitative estimate of drug-likeness (QED) is 0.417. The number of hydrogen-bond acceptors (Lipinski definition) is 1. The molecule has 4 aromatic rings. The van der Waals surface area contributed by atoms with Gasteiger partial charge < -0.3 is 4.57 Å². The maximum atomic E-state index is 6.24. The van der Waals surface area contributed by atoms with Crippen molar-refractivity contribution in [3.8, 4) is 0 Å². The summed E-state index contributed by atoms with van der Waals surface area (Å²) in [7, 11) is 0. The van der Waals surface area contributed by atoms with E-state index in [1.165, 1.54) is 16.3 Å². The van der Waals surface area contributed by atoms with Crippen molar-refractivity contribution in [3.63, 3.8) is 0 Å². The minimum absolute atomic E-state index is 0.383. The molecule has 0 aliphatic heterocycles. The van der Waals surface area contributed by atoms with Crippen LogP contribution in [0.4, 0.5) is 0 Å². The van der Waals surface area contributed by atoms with Gasteiger partial charge in [0.15, 0.2) is 0 Å². The van der Waals surface area contributed by atoms with E-state index in [-0.39, 0.29) is 0 Å². The number of aromatic nitrogens is 2. The van der Waals surface area contributed by atoms with E-state index in [9.17, 15) is 0 Å². The first-order valence-electron chi connectivity index (χ1n) is 8.80. The summed E-state index contributed by atoms with van der Waals surface area (Å²) in [4.78, 5) is 4.93. The fraction of sp³-hybridized carbons (Fsp3) is 0.227. The molecule has 1 aromatic heterocycles. The van der Waals surface area contributed by atoms with E-state index >= 15 is 0 Å². The lowest BCUT2D eigenvalue weighted by Gasteiger charge is -2.16. The Balaban J connectivity index is 1.88. The van der Waals surface area contributed by atoms with Gasteiger partial charge >= 0.3 is 0 Å². The van der Waals surface area contributed by atoms with Crippen LogP contribution in [-0.4, -0.2) is 9.55 Å². The standard InChI is InChI=1S/C22H21ClN2/c1-3-15(2)25-21-14-18(23)11-12-20(21)24-22(25)13-17-9-6-8-16-7-4-5-10-19(16)17/h4-12,14-15H,3,13H2,1-2H3. The van der Waals surface area contributed by atoms with Crippen LogP contribution in [0.15, 0.2) is 60.7 Å². The molecular formula is C22H21ClN2. The van der Waals surface area contributed by atoms with Crippen LogP contribution in [0.3, 0.4) is 0 Å². The summed E-state index contributed by atoms with van der Waals surface area (Å²) in [5, 5.41) is 3.33. The van der Waals surface area contributed by atoms with Gasteiger partial charge in [0.2, 0.25) is 0 Å². The van der Waals surface area contributed by atoms with Crippen LogP contribution in [0.25, 0.3) is 21.8 Å². The van der Waals surface area contributed by atoms with Crippen molar-refractivity contribution in [2.75, 3.05) is 0 Å². The van der Waals surface area contributed by atoms with E-state index in [0.29, 0.717) is 6.04 Å². The molecule has 0 N–H and O–H groups in total. The molecule has 2 nitrogen and oxygen atoms in total. The summed E-state index contributed by atoms with van der Waals surface area (Å²) in [5.41, 5.74) is 3.45. The van der Waals surface area contributed by atoms with Gasteiger partial charge in [-0.2, -0.15) is 0 Å². The zero-order valence-corrected chi connectivity index (χ0v) is 15.3. The van der Waals surface area contributed by atoms with Crippen molar-refractivity contribution < 1.29 is 0 Å². The molecule has 0 amide bonds. The largest absolute Gasteiger partial charge is 0.325 e. The van der Waals surface area contributed by atoms with Gasteiger partial charge in [-0.15, -0.1) is 0 Å². The lowest BCUT2D eigenvalue weighted by Crippen LogP contribution is -2.09. The van der Waals surface area contributed by atoms with Gasteiger partial charge in [0.1, 0.15) is 5.82 Å². The molecule has 0 radical (unpaired) electrons. The van der Waals surface area contributed by atoms with Crippen LogP contribution in [0.2, 0.25) is 5.02 Å². The first-order valence-corrected chi connectivity index (χ1v) is 9.18. The third kappa shape index (κ3) is 2.91. The normalized spacial score (nSPS) is 12.8. The van der Waals surface area contributed by atoms with Gasteiger partial charge in [-0.1, -0.05) is 61.0 Å². The number of fused-ring (bicyclic) bond motifs is 2. The number of hydrogen-bond donors (Lipinski definition) is 0. The number of benzene rings is 3. The molecule has 1 unspecified atom stereocenters. The summed E-state index contributed by atoms with van der Waals surface area (Å²) in [6.45, 7) is 4.46. The van der Waals surface area contributed by atoms with E-state index in [0.717, 1.165) is 34.7 Å². The molecule has 25 heavy (non-hydrogen) atoms. The van der Waals surface area contributed by atoms with Crippen LogP contribution >= 0.6 is 11.6 Å². The zero-order valence-electron chi connectivity index (χ0n) is 14.5. The molecule has 4 rings (SSSR count). The van der Waals surface area contributed by atoms with E-state index in [1.54, 1.807) is 0 Å². The predicted octanol–water partition coefficient (Wildman–Crippen LogP) is 6.40. The second kappa shape index (κ2) is 6.53. The summed E-state index contributed by atoms with van der Waals surface area (Å²) in [6, 6.07) is 21.4. The topological polar surface area (TPSA) is 17.8 Å². The SMILES string of the molecule is CCC(C)n1c(Cc2cccc3ccccc23)nc2ccc(Cl)cc21. The zero-order chi connectivity index (χ0) is 17.4. The fourth-order valence-electron chi connectivity index (χ4n) is 3.53. The van der Waals surface area contributed by atoms with Crippen molar-refractivity contribution in [3.05, 3.63) is 77.1 Å². The average molecular weight is 349 g/mol. The summed E-state index contributed by atoms with van der Waals surface area (Å²) >= 11 is 6.24. The Labute approximate surface area is 153 Å². The fourth-order valence-corrected chi connectivity index (χ4v) is 3.70. The Morgan fingerprint density at radius 2 is 1.84 bits per heavy atom. The second-order valence-electron chi connectivity index (χ2n) is 6.60.